The van der Waals surface area contributed by atoms with Gasteiger partial charge in [0.2, 0.25) is 0 Å². The lowest BCUT2D eigenvalue weighted by Crippen LogP contribution is -2.08. The van der Waals surface area contributed by atoms with E-state index in [1.165, 1.54) is 5.56 Å². The van der Waals surface area contributed by atoms with E-state index in [0.29, 0.717) is 12.5 Å². The first kappa shape index (κ1) is 8.26. The Morgan fingerprint density at radius 2 is 2.46 bits per heavy atom. The van der Waals surface area contributed by atoms with Crippen molar-refractivity contribution in [2.45, 2.75) is 12.8 Å². The average molecular weight is 176 g/mol. The molecule has 2 heterocycles. The van der Waals surface area contributed by atoms with E-state index in [2.05, 4.69) is 11.9 Å². The molecule has 0 saturated heterocycles. The van der Waals surface area contributed by atoms with Crippen LogP contribution < -0.4 is 5.73 Å². The summed E-state index contributed by atoms with van der Waals surface area (Å²) in [7, 11) is 0. The number of pyridine rings is 1. The summed E-state index contributed by atoms with van der Waals surface area (Å²) in [6.07, 6.45) is 5.26. The third-order valence-corrected chi connectivity index (χ3v) is 2.29. The van der Waals surface area contributed by atoms with Crippen molar-refractivity contribution in [1.82, 2.24) is 4.98 Å². The molecule has 13 heavy (non-hydrogen) atoms. The lowest BCUT2D eigenvalue weighted by molar-refractivity contribution is 0.602. The van der Waals surface area contributed by atoms with Crippen molar-refractivity contribution < 1.29 is 4.42 Å². The molecule has 0 aliphatic rings. The number of furan rings is 1. The molecule has 2 aromatic heterocycles. The van der Waals surface area contributed by atoms with Crippen LogP contribution in [0.5, 0.6) is 0 Å². The zero-order chi connectivity index (χ0) is 9.26. The molecule has 1 atom stereocenters. The van der Waals surface area contributed by atoms with Gasteiger partial charge in [-0.25, -0.2) is 0 Å². The number of hydrogen-bond donors (Lipinski definition) is 1. The van der Waals surface area contributed by atoms with Gasteiger partial charge in [0.25, 0.3) is 0 Å². The smallest absolute Gasteiger partial charge is 0.152 e. The van der Waals surface area contributed by atoms with Crippen LogP contribution in [-0.2, 0) is 0 Å². The monoisotopic (exact) mass is 176 g/mol. The first-order valence-corrected chi connectivity index (χ1v) is 4.34. The molecule has 1 unspecified atom stereocenters. The molecule has 2 aromatic rings. The average Bonchev–Trinajstić information content (AvgIpc) is 2.60. The van der Waals surface area contributed by atoms with Gasteiger partial charge in [0.1, 0.15) is 0 Å². The molecule has 3 nitrogen and oxygen atoms in total. The third kappa shape index (κ3) is 1.31. The third-order valence-electron chi connectivity index (χ3n) is 2.29. The van der Waals surface area contributed by atoms with Crippen LogP contribution in [0.3, 0.4) is 0 Å². The fourth-order valence-corrected chi connectivity index (χ4v) is 1.41. The lowest BCUT2D eigenvalue weighted by atomic mass is 10.0. The molecule has 0 aromatic carbocycles. The van der Waals surface area contributed by atoms with Crippen LogP contribution in [-0.4, -0.2) is 11.5 Å². The van der Waals surface area contributed by atoms with Crippen molar-refractivity contribution in [2.24, 2.45) is 5.73 Å². The highest BCUT2D eigenvalue weighted by Gasteiger charge is 2.10. The normalized spacial score (nSPS) is 13.4. The fraction of sp³-hybridized carbons (Fsp3) is 0.300. The SMILES string of the molecule is CC(CN)c1coc2cnccc12. The zero-order valence-corrected chi connectivity index (χ0v) is 7.53. The number of fused-ring (bicyclic) bond motifs is 1. The van der Waals surface area contributed by atoms with E-state index in [1.54, 1.807) is 18.7 Å². The van der Waals surface area contributed by atoms with Crippen LogP contribution in [0.2, 0.25) is 0 Å². The molecule has 0 aliphatic heterocycles. The summed E-state index contributed by atoms with van der Waals surface area (Å²) in [5.41, 5.74) is 7.59. The standard InChI is InChI=1S/C10H12N2O/c1-7(4-11)9-6-13-10-5-12-3-2-8(9)10/h2-3,5-7H,4,11H2,1H3. The largest absolute Gasteiger partial charge is 0.462 e. The minimum Gasteiger partial charge on any atom is -0.462 e. The van der Waals surface area contributed by atoms with Crippen molar-refractivity contribution in [3.05, 3.63) is 30.3 Å². The van der Waals surface area contributed by atoms with E-state index in [9.17, 15) is 0 Å². The van der Waals surface area contributed by atoms with Crippen LogP contribution in [0.4, 0.5) is 0 Å². The van der Waals surface area contributed by atoms with Crippen molar-refractivity contribution in [1.29, 1.82) is 0 Å². The second-order valence-corrected chi connectivity index (χ2v) is 3.20. The molecule has 2 rings (SSSR count). The number of rotatable bonds is 2. The van der Waals surface area contributed by atoms with E-state index in [0.717, 1.165) is 11.0 Å². The van der Waals surface area contributed by atoms with E-state index < -0.39 is 0 Å². The highest BCUT2D eigenvalue weighted by Crippen LogP contribution is 2.25. The van der Waals surface area contributed by atoms with Gasteiger partial charge in [0.05, 0.1) is 12.5 Å². The number of hydrogen-bond acceptors (Lipinski definition) is 3. The van der Waals surface area contributed by atoms with Gasteiger partial charge < -0.3 is 10.2 Å². The lowest BCUT2D eigenvalue weighted by Gasteiger charge is -2.04. The Hall–Kier alpha value is -1.35. The van der Waals surface area contributed by atoms with Crippen LogP contribution in [0, 0.1) is 0 Å². The molecule has 0 saturated carbocycles. The molecule has 2 N–H and O–H groups in total. The van der Waals surface area contributed by atoms with Gasteiger partial charge in [0.15, 0.2) is 5.58 Å². The number of nitrogens with zero attached hydrogens (tertiary/aromatic N) is 1. The molecular weight excluding hydrogens is 164 g/mol. The Bertz CT molecular complexity index is 408. The Kier molecular flexibility index (Phi) is 2.02. The summed E-state index contributed by atoms with van der Waals surface area (Å²) in [6, 6.07) is 1.96. The van der Waals surface area contributed by atoms with Gasteiger partial charge in [-0.3, -0.25) is 4.98 Å². The Labute approximate surface area is 76.6 Å². The van der Waals surface area contributed by atoms with Crippen molar-refractivity contribution in [3.63, 3.8) is 0 Å². The first-order chi connectivity index (χ1) is 6.33. The summed E-state index contributed by atoms with van der Waals surface area (Å²) in [5.74, 6) is 0.337. The summed E-state index contributed by atoms with van der Waals surface area (Å²) in [4.78, 5) is 3.99. The fourth-order valence-electron chi connectivity index (χ4n) is 1.41. The highest BCUT2D eigenvalue weighted by atomic mass is 16.3. The second-order valence-electron chi connectivity index (χ2n) is 3.20. The summed E-state index contributed by atoms with van der Waals surface area (Å²) in [5, 5.41) is 1.12. The molecule has 3 heteroatoms. The summed E-state index contributed by atoms with van der Waals surface area (Å²) in [6.45, 7) is 2.72. The molecule has 0 fully saturated rings. The first-order valence-electron chi connectivity index (χ1n) is 4.34. The molecule has 68 valence electrons. The number of nitrogens with two attached hydrogens (primary N) is 1. The predicted molar refractivity (Wildman–Crippen MR) is 51.5 cm³/mol. The Balaban J connectivity index is 2.57. The van der Waals surface area contributed by atoms with E-state index in [4.69, 9.17) is 10.2 Å². The van der Waals surface area contributed by atoms with E-state index in [-0.39, 0.29) is 0 Å². The van der Waals surface area contributed by atoms with Gasteiger partial charge in [-0.2, -0.15) is 0 Å². The van der Waals surface area contributed by atoms with Gasteiger partial charge >= 0.3 is 0 Å². The topological polar surface area (TPSA) is 52.0 Å². The van der Waals surface area contributed by atoms with Crippen molar-refractivity contribution in [2.75, 3.05) is 6.54 Å². The second kappa shape index (κ2) is 3.18. The highest BCUT2D eigenvalue weighted by molar-refractivity contribution is 5.80. The quantitative estimate of drug-likeness (QED) is 0.760. The molecular formula is C10H12N2O. The van der Waals surface area contributed by atoms with E-state index in [1.807, 2.05) is 6.07 Å². The maximum atomic E-state index is 5.60. The van der Waals surface area contributed by atoms with Crippen LogP contribution >= 0.6 is 0 Å². The van der Waals surface area contributed by atoms with Crippen molar-refractivity contribution in [3.8, 4) is 0 Å². The Morgan fingerprint density at radius 3 is 3.23 bits per heavy atom. The molecule has 0 spiro atoms. The predicted octanol–water partition coefficient (Wildman–Crippen LogP) is 1.89. The van der Waals surface area contributed by atoms with Crippen molar-refractivity contribution >= 4 is 11.0 Å². The molecule has 0 radical (unpaired) electrons. The van der Waals surface area contributed by atoms with E-state index >= 15 is 0 Å². The number of aromatic nitrogens is 1. The zero-order valence-electron chi connectivity index (χ0n) is 7.53. The molecule has 0 amide bonds. The maximum absolute atomic E-state index is 5.60. The Morgan fingerprint density at radius 1 is 1.62 bits per heavy atom. The minimum absolute atomic E-state index is 0.337. The minimum atomic E-state index is 0.337. The van der Waals surface area contributed by atoms with Crippen LogP contribution in [0.15, 0.2) is 29.1 Å². The molecule has 0 bridgehead atoms. The summed E-state index contributed by atoms with van der Waals surface area (Å²) < 4.78 is 5.35. The maximum Gasteiger partial charge on any atom is 0.152 e. The molecule has 0 aliphatic carbocycles. The van der Waals surface area contributed by atoms with Gasteiger partial charge in [-0.1, -0.05) is 6.92 Å². The van der Waals surface area contributed by atoms with Gasteiger partial charge in [0, 0.05) is 17.1 Å². The summed E-state index contributed by atoms with van der Waals surface area (Å²) >= 11 is 0. The van der Waals surface area contributed by atoms with Gasteiger partial charge in [-0.15, -0.1) is 0 Å². The van der Waals surface area contributed by atoms with Gasteiger partial charge in [-0.05, 0) is 18.5 Å². The van der Waals surface area contributed by atoms with Crippen LogP contribution in [0.25, 0.3) is 11.0 Å². The van der Waals surface area contributed by atoms with Crippen LogP contribution in [0.1, 0.15) is 18.4 Å².